The van der Waals surface area contributed by atoms with Crippen LogP contribution >= 0.6 is 0 Å². The molecule has 0 atom stereocenters. The van der Waals surface area contributed by atoms with Crippen LogP contribution < -0.4 is 4.72 Å². The average Bonchev–Trinajstić information content (AvgIpc) is 2.80. The van der Waals surface area contributed by atoms with Crippen molar-refractivity contribution in [1.29, 1.82) is 0 Å². The van der Waals surface area contributed by atoms with E-state index in [4.69, 9.17) is 5.11 Å². The van der Waals surface area contributed by atoms with Crippen molar-refractivity contribution in [2.24, 2.45) is 5.41 Å². The van der Waals surface area contributed by atoms with E-state index in [0.717, 1.165) is 0 Å². The Hall–Kier alpha value is -1.41. The molecule has 19 heavy (non-hydrogen) atoms. The molecule has 0 aliphatic heterocycles. The summed E-state index contributed by atoms with van der Waals surface area (Å²) in [6.07, 6.45) is 3.70. The fourth-order valence-electron chi connectivity index (χ4n) is 1.56. The van der Waals surface area contributed by atoms with E-state index in [9.17, 15) is 13.2 Å². The molecule has 1 aromatic heterocycles. The first-order valence-electron chi connectivity index (χ1n) is 5.93. The van der Waals surface area contributed by atoms with Gasteiger partial charge in [0.05, 0.1) is 6.20 Å². The van der Waals surface area contributed by atoms with E-state index in [2.05, 4.69) is 14.9 Å². The Morgan fingerprint density at radius 3 is 2.68 bits per heavy atom. The lowest BCUT2D eigenvalue weighted by atomic mass is 9.84. The summed E-state index contributed by atoms with van der Waals surface area (Å²) < 4.78 is 26.0. The van der Waals surface area contributed by atoms with Gasteiger partial charge in [-0.3, -0.25) is 9.89 Å². The zero-order valence-electron chi connectivity index (χ0n) is 11.0. The molecule has 0 saturated carbocycles. The number of hydrogen-bond acceptors (Lipinski definition) is 4. The van der Waals surface area contributed by atoms with Crippen LogP contribution in [0.4, 0.5) is 0 Å². The van der Waals surface area contributed by atoms with E-state index in [1.165, 1.54) is 12.4 Å². The molecule has 108 valence electrons. The van der Waals surface area contributed by atoms with Crippen molar-refractivity contribution in [1.82, 2.24) is 14.9 Å². The number of H-pyrrole nitrogens is 1. The van der Waals surface area contributed by atoms with Crippen molar-refractivity contribution in [3.8, 4) is 0 Å². The van der Waals surface area contributed by atoms with E-state index in [1.807, 2.05) is 13.8 Å². The highest BCUT2D eigenvalue weighted by atomic mass is 32.2. The second-order valence-corrected chi connectivity index (χ2v) is 6.91. The van der Waals surface area contributed by atoms with E-state index in [-0.39, 0.29) is 23.3 Å². The van der Waals surface area contributed by atoms with E-state index < -0.39 is 16.0 Å². The number of aromatic amines is 1. The van der Waals surface area contributed by atoms with E-state index in [1.54, 1.807) is 0 Å². The molecule has 0 saturated heterocycles. The van der Waals surface area contributed by atoms with Crippen molar-refractivity contribution in [3.05, 3.63) is 12.4 Å². The van der Waals surface area contributed by atoms with Gasteiger partial charge in [-0.15, -0.1) is 0 Å². The van der Waals surface area contributed by atoms with Gasteiger partial charge >= 0.3 is 5.97 Å². The molecule has 1 rings (SSSR count). The lowest BCUT2D eigenvalue weighted by Crippen LogP contribution is -2.28. The minimum Gasteiger partial charge on any atom is -0.481 e. The Kier molecular flexibility index (Phi) is 5.07. The number of carboxylic acids is 1. The largest absolute Gasteiger partial charge is 0.481 e. The second kappa shape index (κ2) is 6.16. The maximum absolute atomic E-state index is 11.8. The van der Waals surface area contributed by atoms with Crippen LogP contribution in [0.2, 0.25) is 0 Å². The smallest absolute Gasteiger partial charge is 0.303 e. The molecule has 0 bridgehead atoms. The van der Waals surface area contributed by atoms with Crippen LogP contribution in [0.5, 0.6) is 0 Å². The Morgan fingerprint density at radius 1 is 1.47 bits per heavy atom. The van der Waals surface area contributed by atoms with Crippen LogP contribution in [-0.4, -0.2) is 36.2 Å². The maximum atomic E-state index is 11.8. The van der Waals surface area contributed by atoms with Crippen molar-refractivity contribution in [3.63, 3.8) is 0 Å². The summed E-state index contributed by atoms with van der Waals surface area (Å²) in [5.41, 5.74) is -0.225. The zero-order chi connectivity index (χ0) is 14.5. The summed E-state index contributed by atoms with van der Waals surface area (Å²) in [5.74, 6) is -0.841. The highest BCUT2D eigenvalue weighted by molar-refractivity contribution is 7.89. The molecule has 0 amide bonds. The van der Waals surface area contributed by atoms with Crippen LogP contribution in [0.15, 0.2) is 17.3 Å². The standard InChI is InChI=1S/C11H19N3O4S/c1-11(2,4-3-10(15)16)5-6-14-19(17,18)9-7-12-13-8-9/h7-8,14H,3-6H2,1-2H3,(H,12,13)(H,15,16). The number of aliphatic carboxylic acids is 1. The molecular formula is C11H19N3O4S. The monoisotopic (exact) mass is 289 g/mol. The van der Waals surface area contributed by atoms with Gasteiger partial charge in [-0.25, -0.2) is 13.1 Å². The minimum atomic E-state index is -3.53. The topological polar surface area (TPSA) is 112 Å². The molecule has 3 N–H and O–H groups in total. The number of nitrogens with one attached hydrogen (secondary N) is 2. The predicted molar refractivity (Wildman–Crippen MR) is 69.0 cm³/mol. The van der Waals surface area contributed by atoms with Gasteiger partial charge in [0.2, 0.25) is 10.0 Å². The van der Waals surface area contributed by atoms with Crippen molar-refractivity contribution in [2.45, 2.75) is 38.0 Å². The molecule has 1 heterocycles. The summed E-state index contributed by atoms with van der Waals surface area (Å²) in [7, 11) is -3.53. The summed E-state index contributed by atoms with van der Waals surface area (Å²) in [6.45, 7) is 4.10. The number of carbonyl (C=O) groups is 1. The first kappa shape index (κ1) is 15.6. The summed E-state index contributed by atoms with van der Waals surface area (Å²) in [6, 6.07) is 0. The lowest BCUT2D eigenvalue weighted by molar-refractivity contribution is -0.137. The molecule has 0 aromatic carbocycles. The van der Waals surface area contributed by atoms with Gasteiger partial charge in [0.1, 0.15) is 4.90 Å². The highest BCUT2D eigenvalue weighted by Crippen LogP contribution is 2.26. The fraction of sp³-hybridized carbons (Fsp3) is 0.636. The van der Waals surface area contributed by atoms with E-state index >= 15 is 0 Å². The van der Waals surface area contributed by atoms with E-state index in [0.29, 0.717) is 12.8 Å². The lowest BCUT2D eigenvalue weighted by Gasteiger charge is -2.23. The zero-order valence-corrected chi connectivity index (χ0v) is 11.8. The molecule has 0 aliphatic carbocycles. The van der Waals surface area contributed by atoms with Crippen LogP contribution in [-0.2, 0) is 14.8 Å². The first-order chi connectivity index (χ1) is 8.73. The third-order valence-corrected chi connectivity index (χ3v) is 4.32. The Bertz CT molecular complexity index is 508. The van der Waals surface area contributed by atoms with Crippen molar-refractivity contribution >= 4 is 16.0 Å². The fourth-order valence-corrected chi connectivity index (χ4v) is 2.50. The van der Waals surface area contributed by atoms with Crippen molar-refractivity contribution in [2.75, 3.05) is 6.54 Å². The molecule has 1 aromatic rings. The number of nitrogens with zero attached hydrogens (tertiary/aromatic N) is 1. The van der Waals surface area contributed by atoms with Gasteiger partial charge in [0.25, 0.3) is 0 Å². The van der Waals surface area contributed by atoms with Gasteiger partial charge < -0.3 is 5.11 Å². The quantitative estimate of drug-likeness (QED) is 0.660. The SMILES string of the molecule is CC(C)(CCNS(=O)(=O)c1cn[nH]c1)CCC(=O)O. The molecule has 0 fully saturated rings. The van der Waals surface area contributed by atoms with Gasteiger partial charge in [-0.2, -0.15) is 5.10 Å². The van der Waals surface area contributed by atoms with Gasteiger partial charge in [0, 0.05) is 19.2 Å². The predicted octanol–water partition coefficient (Wildman–Crippen LogP) is 0.969. The molecular weight excluding hydrogens is 270 g/mol. The molecule has 0 aliphatic rings. The number of carboxylic acid groups (broad SMARTS) is 1. The van der Waals surface area contributed by atoms with Crippen LogP contribution in [0.25, 0.3) is 0 Å². The van der Waals surface area contributed by atoms with Gasteiger partial charge in [-0.05, 0) is 18.3 Å². The average molecular weight is 289 g/mol. The molecule has 7 nitrogen and oxygen atoms in total. The van der Waals surface area contributed by atoms with Crippen molar-refractivity contribution < 1.29 is 18.3 Å². The molecule has 0 radical (unpaired) electrons. The molecule has 0 unspecified atom stereocenters. The number of aromatic nitrogens is 2. The third-order valence-electron chi connectivity index (χ3n) is 2.89. The third kappa shape index (κ3) is 5.39. The number of sulfonamides is 1. The maximum Gasteiger partial charge on any atom is 0.303 e. The Balaban J connectivity index is 2.43. The summed E-state index contributed by atoms with van der Waals surface area (Å²) in [4.78, 5) is 10.6. The molecule has 8 heteroatoms. The van der Waals surface area contributed by atoms with Crippen LogP contribution in [0, 0.1) is 5.41 Å². The number of rotatable bonds is 8. The number of hydrogen-bond donors (Lipinski definition) is 3. The minimum absolute atomic E-state index is 0.0848. The Labute approximate surface area is 112 Å². The second-order valence-electron chi connectivity index (χ2n) is 5.14. The van der Waals surface area contributed by atoms with Gasteiger partial charge in [-0.1, -0.05) is 13.8 Å². The first-order valence-corrected chi connectivity index (χ1v) is 7.41. The summed E-state index contributed by atoms with van der Waals surface area (Å²) >= 11 is 0. The normalized spacial score (nSPS) is 12.5. The van der Waals surface area contributed by atoms with Crippen LogP contribution in [0.3, 0.4) is 0 Å². The van der Waals surface area contributed by atoms with Gasteiger partial charge in [0.15, 0.2) is 0 Å². The van der Waals surface area contributed by atoms with Crippen LogP contribution in [0.1, 0.15) is 33.1 Å². The summed E-state index contributed by atoms with van der Waals surface area (Å²) in [5, 5.41) is 14.7. The highest BCUT2D eigenvalue weighted by Gasteiger charge is 2.21. The molecule has 0 spiro atoms. The Morgan fingerprint density at radius 2 is 2.16 bits per heavy atom.